The van der Waals surface area contributed by atoms with Gasteiger partial charge in [0.05, 0.1) is 25.5 Å². The molecule has 0 saturated carbocycles. The van der Waals surface area contributed by atoms with E-state index >= 15 is 0 Å². The SMILES string of the molecule is CCC1(C(=O)N(CCCS(=O)(=O)NCc2ccc(OC)cc2OC)c2ccc(Cl)cc2)CCN1C(=O)c1csc2ccccc12. The standard InChI is InChI=1S/C33H36ClN3O6S2/c1-4-33(16-18-37(33)31(38)28-22-44-30-9-6-5-8-27(28)30)32(39)36(25-13-11-24(34)12-14-25)17-7-19-45(40,41)35-21-23-10-15-26(42-2)20-29(23)43-3/h5-6,8-15,20,22,35H,4,7,16-19,21H2,1-3H3. The van der Waals surface area contributed by atoms with Crippen molar-refractivity contribution in [2.24, 2.45) is 0 Å². The molecule has 1 aliphatic rings. The van der Waals surface area contributed by atoms with Gasteiger partial charge in [0.25, 0.3) is 11.8 Å². The average molecular weight is 670 g/mol. The molecule has 0 bridgehead atoms. The molecule has 1 unspecified atom stereocenters. The molecule has 0 radical (unpaired) electrons. The van der Waals surface area contributed by atoms with Gasteiger partial charge < -0.3 is 19.3 Å². The number of nitrogens with zero attached hydrogens (tertiary/aromatic N) is 2. The molecular formula is C33H36ClN3O6S2. The van der Waals surface area contributed by atoms with Crippen LogP contribution in [0.1, 0.15) is 42.1 Å². The predicted molar refractivity (Wildman–Crippen MR) is 179 cm³/mol. The van der Waals surface area contributed by atoms with E-state index in [0.717, 1.165) is 10.1 Å². The Kier molecular flexibility index (Phi) is 10.0. The van der Waals surface area contributed by atoms with Crippen LogP contribution in [0.2, 0.25) is 5.02 Å². The number of benzene rings is 3. The fraction of sp³-hybridized carbons (Fsp3) is 0.333. The molecule has 1 aliphatic heterocycles. The van der Waals surface area contributed by atoms with Gasteiger partial charge in [-0.2, -0.15) is 0 Å². The third kappa shape index (κ3) is 6.81. The summed E-state index contributed by atoms with van der Waals surface area (Å²) in [6, 6.07) is 19.8. The number of ether oxygens (including phenoxy) is 2. The fourth-order valence-corrected chi connectivity index (χ4v) is 7.80. The van der Waals surface area contributed by atoms with Crippen LogP contribution in [0.15, 0.2) is 72.1 Å². The van der Waals surface area contributed by atoms with Crippen molar-refractivity contribution >= 4 is 60.5 Å². The number of hydrogen-bond donors (Lipinski definition) is 1. The quantitative estimate of drug-likeness (QED) is 0.184. The Morgan fingerprint density at radius 1 is 1.07 bits per heavy atom. The summed E-state index contributed by atoms with van der Waals surface area (Å²) in [6.45, 7) is 2.55. The minimum Gasteiger partial charge on any atom is -0.497 e. The molecule has 238 valence electrons. The number of nitrogens with one attached hydrogen (secondary N) is 1. The highest BCUT2D eigenvalue weighted by atomic mass is 35.5. The number of carbonyl (C=O) groups is 2. The lowest BCUT2D eigenvalue weighted by Gasteiger charge is -2.52. The Morgan fingerprint density at radius 2 is 1.82 bits per heavy atom. The Labute approximate surface area is 272 Å². The topological polar surface area (TPSA) is 105 Å². The van der Waals surface area contributed by atoms with Gasteiger partial charge in [-0.15, -0.1) is 11.3 Å². The molecule has 0 aliphatic carbocycles. The van der Waals surface area contributed by atoms with E-state index in [0.29, 0.717) is 52.7 Å². The molecule has 3 aromatic carbocycles. The highest BCUT2D eigenvalue weighted by molar-refractivity contribution is 7.89. The highest BCUT2D eigenvalue weighted by Crippen LogP contribution is 2.40. The monoisotopic (exact) mass is 669 g/mol. The number of halogens is 1. The van der Waals surface area contributed by atoms with Gasteiger partial charge in [-0.3, -0.25) is 9.59 Å². The molecule has 1 aromatic heterocycles. The highest BCUT2D eigenvalue weighted by Gasteiger charge is 2.54. The summed E-state index contributed by atoms with van der Waals surface area (Å²) >= 11 is 7.65. The van der Waals surface area contributed by atoms with Crippen LogP contribution in [0.3, 0.4) is 0 Å². The van der Waals surface area contributed by atoms with Crippen LogP contribution >= 0.6 is 22.9 Å². The molecule has 1 fully saturated rings. The largest absolute Gasteiger partial charge is 0.497 e. The molecule has 5 rings (SSSR count). The van der Waals surface area contributed by atoms with Crippen molar-refractivity contribution in [3.63, 3.8) is 0 Å². The molecule has 9 nitrogen and oxygen atoms in total. The first kappa shape index (κ1) is 32.7. The zero-order valence-electron chi connectivity index (χ0n) is 25.4. The van der Waals surface area contributed by atoms with Crippen LogP contribution in [-0.4, -0.2) is 63.7 Å². The molecule has 45 heavy (non-hydrogen) atoms. The second-order valence-electron chi connectivity index (χ2n) is 10.8. The van der Waals surface area contributed by atoms with Crippen molar-refractivity contribution < 1.29 is 27.5 Å². The van der Waals surface area contributed by atoms with Crippen molar-refractivity contribution in [1.29, 1.82) is 0 Å². The number of sulfonamides is 1. The summed E-state index contributed by atoms with van der Waals surface area (Å²) in [6.07, 6.45) is 1.11. The van der Waals surface area contributed by atoms with E-state index in [-0.39, 0.29) is 37.1 Å². The Bertz CT molecular complexity index is 1790. The summed E-state index contributed by atoms with van der Waals surface area (Å²) in [4.78, 5) is 31.5. The Balaban J connectivity index is 1.32. The minimum absolute atomic E-state index is 0.0443. The van der Waals surface area contributed by atoms with E-state index in [1.807, 2.05) is 36.6 Å². The van der Waals surface area contributed by atoms with Crippen molar-refractivity contribution in [3.8, 4) is 11.5 Å². The Morgan fingerprint density at radius 3 is 2.49 bits per heavy atom. The van der Waals surface area contributed by atoms with E-state index in [1.165, 1.54) is 18.4 Å². The van der Waals surface area contributed by atoms with Crippen LogP contribution in [0.4, 0.5) is 5.69 Å². The van der Waals surface area contributed by atoms with E-state index in [9.17, 15) is 18.0 Å². The maximum absolute atomic E-state index is 14.4. The van der Waals surface area contributed by atoms with E-state index in [1.54, 1.807) is 59.4 Å². The van der Waals surface area contributed by atoms with E-state index in [4.69, 9.17) is 21.1 Å². The summed E-state index contributed by atoms with van der Waals surface area (Å²) in [7, 11) is -0.641. The Hall–Kier alpha value is -3.64. The molecule has 12 heteroatoms. The fourth-order valence-electron chi connectivity index (χ4n) is 5.71. The van der Waals surface area contributed by atoms with Gasteiger partial charge in [0.2, 0.25) is 10.0 Å². The number of amides is 2. The molecule has 1 atom stereocenters. The van der Waals surface area contributed by atoms with Gasteiger partial charge in [0.1, 0.15) is 17.0 Å². The summed E-state index contributed by atoms with van der Waals surface area (Å²) in [5.74, 6) is 0.499. The number of methoxy groups -OCH3 is 2. The normalized spacial score (nSPS) is 16.3. The third-order valence-corrected chi connectivity index (χ3v) is 11.0. The lowest BCUT2D eigenvalue weighted by molar-refractivity contribution is -0.136. The molecule has 1 saturated heterocycles. The van der Waals surface area contributed by atoms with Crippen molar-refractivity contribution in [2.45, 2.75) is 38.3 Å². The minimum atomic E-state index is -3.70. The maximum Gasteiger partial charge on any atom is 0.256 e. The molecule has 4 aromatic rings. The molecule has 2 heterocycles. The van der Waals surface area contributed by atoms with Gasteiger partial charge in [-0.1, -0.05) is 42.8 Å². The molecule has 0 spiro atoms. The molecular weight excluding hydrogens is 634 g/mol. The lowest BCUT2D eigenvalue weighted by atomic mass is 9.79. The number of fused-ring (bicyclic) bond motifs is 1. The first-order chi connectivity index (χ1) is 21.6. The second kappa shape index (κ2) is 13.8. The van der Waals surface area contributed by atoms with Crippen LogP contribution in [-0.2, 0) is 21.4 Å². The van der Waals surface area contributed by atoms with Gasteiger partial charge in [0, 0.05) is 57.4 Å². The number of hydrogen-bond acceptors (Lipinski definition) is 7. The molecule has 2 amide bonds. The number of rotatable bonds is 13. The van der Waals surface area contributed by atoms with Crippen LogP contribution in [0, 0.1) is 0 Å². The van der Waals surface area contributed by atoms with Gasteiger partial charge in [0.15, 0.2) is 0 Å². The van der Waals surface area contributed by atoms with Crippen LogP contribution in [0.25, 0.3) is 10.1 Å². The lowest BCUT2D eigenvalue weighted by Crippen LogP contribution is -2.69. The summed E-state index contributed by atoms with van der Waals surface area (Å²) in [5.41, 5.74) is 0.801. The average Bonchev–Trinajstić information content (AvgIpc) is 3.47. The number of likely N-dealkylation sites (tertiary alicyclic amines) is 1. The maximum atomic E-state index is 14.4. The van der Waals surface area contributed by atoms with Crippen LogP contribution in [0.5, 0.6) is 11.5 Å². The van der Waals surface area contributed by atoms with E-state index < -0.39 is 15.6 Å². The molecule has 1 N–H and O–H groups in total. The number of anilines is 1. The first-order valence-electron chi connectivity index (χ1n) is 14.7. The third-order valence-electron chi connectivity index (χ3n) is 8.36. The zero-order chi connectivity index (χ0) is 32.2. The van der Waals surface area contributed by atoms with E-state index in [2.05, 4.69) is 4.72 Å². The van der Waals surface area contributed by atoms with Crippen LogP contribution < -0.4 is 19.1 Å². The van der Waals surface area contributed by atoms with Crippen molar-refractivity contribution in [3.05, 3.63) is 88.3 Å². The number of thiophene rings is 1. The number of carbonyl (C=O) groups excluding carboxylic acids is 2. The summed E-state index contributed by atoms with van der Waals surface area (Å²) in [5, 5.41) is 3.24. The predicted octanol–water partition coefficient (Wildman–Crippen LogP) is 6.11. The summed E-state index contributed by atoms with van der Waals surface area (Å²) < 4.78 is 40.3. The first-order valence-corrected chi connectivity index (χ1v) is 17.6. The smallest absolute Gasteiger partial charge is 0.256 e. The van der Waals surface area contributed by atoms with Gasteiger partial charge in [-0.05, 0) is 55.7 Å². The van der Waals surface area contributed by atoms with Crippen molar-refractivity contribution in [1.82, 2.24) is 9.62 Å². The van der Waals surface area contributed by atoms with Crippen molar-refractivity contribution in [2.75, 3.05) is 38.0 Å². The van der Waals surface area contributed by atoms with Gasteiger partial charge >= 0.3 is 0 Å². The van der Waals surface area contributed by atoms with Gasteiger partial charge in [-0.25, -0.2) is 13.1 Å². The second-order valence-corrected chi connectivity index (χ2v) is 14.1. The zero-order valence-corrected chi connectivity index (χ0v) is 27.8.